The lowest BCUT2D eigenvalue weighted by atomic mass is 10.1. The molecule has 0 heterocycles. The lowest BCUT2D eigenvalue weighted by Gasteiger charge is -2.14. The highest BCUT2D eigenvalue weighted by molar-refractivity contribution is 6.30. The summed E-state index contributed by atoms with van der Waals surface area (Å²) in [5.41, 5.74) is 0.844. The number of carbonyl (C=O) groups excluding carboxylic acids is 1. The summed E-state index contributed by atoms with van der Waals surface area (Å²) in [7, 11) is 0. The maximum absolute atomic E-state index is 11.4. The quantitative estimate of drug-likeness (QED) is 0.813. The third-order valence-corrected chi connectivity index (χ3v) is 2.42. The minimum atomic E-state index is -0.455. The van der Waals surface area contributed by atoms with E-state index in [1.807, 2.05) is 19.1 Å². The molecule has 92 valence electrons. The molecule has 17 heavy (non-hydrogen) atoms. The van der Waals surface area contributed by atoms with Gasteiger partial charge in [-0.2, -0.15) is 0 Å². The van der Waals surface area contributed by atoms with Gasteiger partial charge in [0.05, 0.1) is 0 Å². The Bertz CT molecular complexity index is 376. The molecule has 0 bridgehead atoms. The topological polar surface area (TPSA) is 38.3 Å². The van der Waals surface area contributed by atoms with Gasteiger partial charge >= 0.3 is 6.09 Å². The maximum atomic E-state index is 11.4. The van der Waals surface area contributed by atoms with Crippen LogP contribution in [0.15, 0.2) is 36.9 Å². The smallest absolute Gasteiger partial charge is 0.408 e. The number of benzene rings is 1. The summed E-state index contributed by atoms with van der Waals surface area (Å²) in [4.78, 5) is 11.4. The molecule has 0 aliphatic rings. The summed E-state index contributed by atoms with van der Waals surface area (Å²) < 4.78 is 5.22. The zero-order valence-electron chi connectivity index (χ0n) is 9.78. The van der Waals surface area contributed by atoms with Crippen LogP contribution in [0.2, 0.25) is 5.02 Å². The Labute approximate surface area is 106 Å². The Morgan fingerprint density at radius 2 is 2.18 bits per heavy atom. The van der Waals surface area contributed by atoms with E-state index in [1.165, 1.54) is 0 Å². The first-order chi connectivity index (χ1) is 8.17. The van der Waals surface area contributed by atoms with Crippen LogP contribution in [0.4, 0.5) is 4.79 Å². The van der Waals surface area contributed by atoms with Crippen LogP contribution in [-0.4, -0.2) is 12.6 Å². The highest BCUT2D eigenvalue weighted by atomic mass is 35.5. The molecule has 0 saturated carbocycles. The number of alkyl carbamates (subject to hydrolysis) is 1. The molecule has 1 aromatic carbocycles. The molecule has 0 radical (unpaired) electrons. The molecule has 3 nitrogen and oxygen atoms in total. The molecular weight excluding hydrogens is 238 g/mol. The summed E-state index contributed by atoms with van der Waals surface area (Å²) in [6.45, 7) is 6.23. The van der Waals surface area contributed by atoms with Crippen molar-refractivity contribution in [1.82, 2.24) is 5.32 Å². The van der Waals surface area contributed by atoms with Gasteiger partial charge in [0.15, 0.2) is 0 Å². The van der Waals surface area contributed by atoms with E-state index in [0.29, 0.717) is 11.6 Å². The molecule has 0 aromatic heterocycles. The Morgan fingerprint density at radius 3 is 2.71 bits per heavy atom. The van der Waals surface area contributed by atoms with Gasteiger partial charge in [-0.3, -0.25) is 0 Å². The third-order valence-electron chi connectivity index (χ3n) is 2.17. The zero-order chi connectivity index (χ0) is 12.7. The maximum Gasteiger partial charge on any atom is 0.408 e. The number of halogens is 1. The van der Waals surface area contributed by atoms with Crippen molar-refractivity contribution in [2.75, 3.05) is 6.54 Å². The monoisotopic (exact) mass is 253 g/mol. The predicted molar refractivity (Wildman–Crippen MR) is 69.2 cm³/mol. The lowest BCUT2D eigenvalue weighted by molar-refractivity contribution is 0.120. The molecule has 0 aliphatic heterocycles. The summed E-state index contributed by atoms with van der Waals surface area (Å²) in [6.07, 6.45) is 1.56. The van der Waals surface area contributed by atoms with Crippen LogP contribution < -0.4 is 5.32 Å². The fourth-order valence-corrected chi connectivity index (χ4v) is 1.41. The van der Waals surface area contributed by atoms with Gasteiger partial charge in [0.25, 0.3) is 0 Å². The molecule has 0 fully saturated rings. The molecule has 1 amide bonds. The van der Waals surface area contributed by atoms with Crippen LogP contribution in [-0.2, 0) is 4.74 Å². The largest absolute Gasteiger partial charge is 0.437 e. The van der Waals surface area contributed by atoms with E-state index in [0.717, 1.165) is 12.0 Å². The Morgan fingerprint density at radius 1 is 1.53 bits per heavy atom. The first kappa shape index (κ1) is 13.6. The minimum absolute atomic E-state index is 0.438. The van der Waals surface area contributed by atoms with Gasteiger partial charge in [-0.1, -0.05) is 37.2 Å². The SMILES string of the molecule is C=C[C@@H](OC(=O)NCCC)c1ccc(Cl)cc1. The molecule has 1 N–H and O–H groups in total. The molecule has 1 atom stereocenters. The van der Waals surface area contributed by atoms with Gasteiger partial charge in [0, 0.05) is 11.6 Å². The van der Waals surface area contributed by atoms with Crippen LogP contribution in [0, 0.1) is 0 Å². The number of rotatable bonds is 5. The van der Waals surface area contributed by atoms with Crippen molar-refractivity contribution in [1.29, 1.82) is 0 Å². The number of carbonyl (C=O) groups is 1. The third kappa shape index (κ3) is 4.49. The van der Waals surface area contributed by atoms with Crippen molar-refractivity contribution in [3.8, 4) is 0 Å². The number of hydrogen-bond acceptors (Lipinski definition) is 2. The van der Waals surface area contributed by atoms with Crippen LogP contribution >= 0.6 is 11.6 Å². The van der Waals surface area contributed by atoms with Crippen molar-refractivity contribution in [3.63, 3.8) is 0 Å². The highest BCUT2D eigenvalue weighted by Gasteiger charge is 2.12. The summed E-state index contributed by atoms with van der Waals surface area (Å²) in [6, 6.07) is 7.12. The molecule has 0 aliphatic carbocycles. The Hall–Kier alpha value is -1.48. The van der Waals surface area contributed by atoms with Crippen LogP contribution in [0.3, 0.4) is 0 Å². The molecule has 1 rings (SSSR count). The minimum Gasteiger partial charge on any atom is -0.437 e. The Kier molecular flexibility index (Phi) is 5.57. The lowest BCUT2D eigenvalue weighted by Crippen LogP contribution is -2.26. The van der Waals surface area contributed by atoms with Crippen molar-refractivity contribution < 1.29 is 9.53 Å². The van der Waals surface area contributed by atoms with Gasteiger partial charge in [-0.05, 0) is 30.2 Å². The fraction of sp³-hybridized carbons (Fsp3) is 0.308. The van der Waals surface area contributed by atoms with Crippen LogP contribution in [0.25, 0.3) is 0 Å². The van der Waals surface area contributed by atoms with Gasteiger partial charge in [-0.15, -0.1) is 0 Å². The average Bonchev–Trinajstić information content (AvgIpc) is 2.34. The molecule has 4 heteroatoms. The first-order valence-corrected chi connectivity index (χ1v) is 5.87. The zero-order valence-corrected chi connectivity index (χ0v) is 10.5. The van der Waals surface area contributed by atoms with Crippen molar-refractivity contribution >= 4 is 17.7 Å². The second-order valence-electron chi connectivity index (χ2n) is 3.54. The summed E-state index contributed by atoms with van der Waals surface area (Å²) >= 11 is 5.79. The van der Waals surface area contributed by atoms with Gasteiger partial charge in [0.1, 0.15) is 6.10 Å². The van der Waals surface area contributed by atoms with E-state index in [-0.39, 0.29) is 0 Å². The molecule has 0 saturated heterocycles. The van der Waals surface area contributed by atoms with Crippen LogP contribution in [0.5, 0.6) is 0 Å². The molecule has 0 unspecified atom stereocenters. The average molecular weight is 254 g/mol. The highest BCUT2D eigenvalue weighted by Crippen LogP contribution is 2.20. The number of ether oxygens (including phenoxy) is 1. The Balaban J connectivity index is 2.62. The van der Waals surface area contributed by atoms with E-state index in [4.69, 9.17) is 16.3 Å². The second kappa shape index (κ2) is 6.97. The van der Waals surface area contributed by atoms with E-state index in [1.54, 1.807) is 18.2 Å². The van der Waals surface area contributed by atoms with Gasteiger partial charge < -0.3 is 10.1 Å². The predicted octanol–water partition coefficient (Wildman–Crippen LogP) is 3.70. The molecule has 1 aromatic rings. The number of amides is 1. The van der Waals surface area contributed by atoms with E-state index in [2.05, 4.69) is 11.9 Å². The van der Waals surface area contributed by atoms with E-state index < -0.39 is 12.2 Å². The van der Waals surface area contributed by atoms with E-state index in [9.17, 15) is 4.79 Å². The molecule has 0 spiro atoms. The summed E-state index contributed by atoms with van der Waals surface area (Å²) in [5, 5.41) is 3.29. The standard InChI is InChI=1S/C13H16ClNO2/c1-3-9-15-13(16)17-12(4-2)10-5-7-11(14)8-6-10/h4-8,12H,2-3,9H2,1H3,(H,15,16)/t12-/m1/s1. The number of hydrogen-bond donors (Lipinski definition) is 1. The second-order valence-corrected chi connectivity index (χ2v) is 3.98. The van der Waals surface area contributed by atoms with Crippen molar-refractivity contribution in [3.05, 3.63) is 47.5 Å². The van der Waals surface area contributed by atoms with Gasteiger partial charge in [-0.25, -0.2) is 4.79 Å². The van der Waals surface area contributed by atoms with Crippen molar-refractivity contribution in [2.24, 2.45) is 0 Å². The normalized spacial score (nSPS) is 11.6. The fourth-order valence-electron chi connectivity index (χ4n) is 1.29. The first-order valence-electron chi connectivity index (χ1n) is 5.50. The number of nitrogens with one attached hydrogen (secondary N) is 1. The van der Waals surface area contributed by atoms with E-state index >= 15 is 0 Å². The van der Waals surface area contributed by atoms with Crippen LogP contribution in [0.1, 0.15) is 25.0 Å². The van der Waals surface area contributed by atoms with Gasteiger partial charge in [0.2, 0.25) is 0 Å². The molecular formula is C13H16ClNO2. The van der Waals surface area contributed by atoms with Crippen molar-refractivity contribution in [2.45, 2.75) is 19.4 Å². The summed E-state index contributed by atoms with van der Waals surface area (Å²) in [5.74, 6) is 0.